The highest BCUT2D eigenvalue weighted by atomic mass is 35.5. The van der Waals surface area contributed by atoms with Crippen molar-refractivity contribution in [2.75, 3.05) is 0 Å². The van der Waals surface area contributed by atoms with Gasteiger partial charge >= 0.3 is 0 Å². The Morgan fingerprint density at radius 2 is 2.12 bits per heavy atom. The van der Waals surface area contributed by atoms with Gasteiger partial charge in [-0.05, 0) is 24.3 Å². The summed E-state index contributed by atoms with van der Waals surface area (Å²) in [6.45, 7) is 3.80. The highest BCUT2D eigenvalue weighted by Crippen LogP contribution is 2.28. The van der Waals surface area contributed by atoms with E-state index >= 15 is 0 Å². The van der Waals surface area contributed by atoms with E-state index in [4.69, 9.17) is 23.2 Å². The molecule has 0 aliphatic carbocycles. The molecule has 17 heavy (non-hydrogen) atoms. The van der Waals surface area contributed by atoms with Crippen molar-refractivity contribution in [2.24, 2.45) is 0 Å². The monoisotopic (exact) mass is 263 g/mol. The highest BCUT2D eigenvalue weighted by Gasteiger charge is 2.15. The van der Waals surface area contributed by atoms with Gasteiger partial charge in [0.1, 0.15) is 5.15 Å². The van der Waals surface area contributed by atoms with E-state index in [-0.39, 0.29) is 5.92 Å². The number of rotatable bonds is 3. The molecule has 1 unspecified atom stereocenters. The van der Waals surface area contributed by atoms with Gasteiger partial charge in [0, 0.05) is 23.9 Å². The largest absolute Gasteiger partial charge is 0.259 e. The van der Waals surface area contributed by atoms with E-state index < -0.39 is 0 Å². The zero-order chi connectivity index (χ0) is 12.3. The fourth-order valence-corrected chi connectivity index (χ4v) is 1.87. The van der Waals surface area contributed by atoms with Crippen molar-refractivity contribution in [3.63, 3.8) is 0 Å². The molecular formula is C13H9Cl2N2. The number of nitrogens with zero attached hydrogens (tertiary/aromatic N) is 2. The predicted octanol–water partition coefficient (Wildman–Crippen LogP) is 3.90. The molecular weight excluding hydrogens is 255 g/mol. The van der Waals surface area contributed by atoms with Gasteiger partial charge in [0.15, 0.2) is 0 Å². The van der Waals surface area contributed by atoms with Crippen molar-refractivity contribution in [3.8, 4) is 0 Å². The molecule has 0 aliphatic rings. The second-order valence-electron chi connectivity index (χ2n) is 3.41. The first kappa shape index (κ1) is 12.1. The van der Waals surface area contributed by atoms with E-state index in [1.165, 1.54) is 0 Å². The average Bonchev–Trinajstić information content (AvgIpc) is 2.35. The lowest BCUT2D eigenvalue weighted by atomic mass is 9.97. The molecule has 0 aliphatic heterocycles. The summed E-state index contributed by atoms with van der Waals surface area (Å²) in [7, 11) is 0. The molecule has 2 aromatic rings. The van der Waals surface area contributed by atoms with E-state index in [0.717, 1.165) is 11.3 Å². The minimum atomic E-state index is -0.131. The van der Waals surface area contributed by atoms with Crippen molar-refractivity contribution < 1.29 is 0 Å². The third-order valence-corrected chi connectivity index (χ3v) is 2.86. The fourth-order valence-electron chi connectivity index (χ4n) is 1.53. The summed E-state index contributed by atoms with van der Waals surface area (Å²) in [5, 5.41) is 1.01. The SMILES string of the molecule is C=CC(c1ccc(Cl)cn1)c1[c]ccnc1Cl. The molecule has 4 heteroatoms. The van der Waals surface area contributed by atoms with Crippen LogP contribution < -0.4 is 0 Å². The smallest absolute Gasteiger partial charge is 0.133 e. The molecule has 2 aromatic heterocycles. The summed E-state index contributed by atoms with van der Waals surface area (Å²) in [5.74, 6) is -0.131. The van der Waals surface area contributed by atoms with E-state index in [0.29, 0.717) is 10.2 Å². The Morgan fingerprint density at radius 1 is 1.29 bits per heavy atom. The first-order valence-corrected chi connectivity index (χ1v) is 5.74. The summed E-state index contributed by atoms with van der Waals surface area (Å²) >= 11 is 11.8. The molecule has 0 saturated carbocycles. The lowest BCUT2D eigenvalue weighted by molar-refractivity contribution is 0.944. The lowest BCUT2D eigenvalue weighted by Crippen LogP contribution is -2.01. The van der Waals surface area contributed by atoms with Gasteiger partial charge in [-0.15, -0.1) is 6.58 Å². The van der Waals surface area contributed by atoms with Crippen molar-refractivity contribution in [1.29, 1.82) is 0 Å². The normalized spacial score (nSPS) is 12.1. The van der Waals surface area contributed by atoms with Gasteiger partial charge in [-0.2, -0.15) is 0 Å². The van der Waals surface area contributed by atoms with Crippen LogP contribution in [0.3, 0.4) is 0 Å². The van der Waals surface area contributed by atoms with E-state index in [9.17, 15) is 0 Å². The predicted molar refractivity (Wildman–Crippen MR) is 69.4 cm³/mol. The third kappa shape index (κ3) is 2.65. The second-order valence-corrected chi connectivity index (χ2v) is 4.20. The quantitative estimate of drug-likeness (QED) is 0.620. The van der Waals surface area contributed by atoms with Crippen LogP contribution in [0.1, 0.15) is 17.2 Å². The second kappa shape index (κ2) is 5.30. The molecule has 0 N–H and O–H groups in total. The molecule has 1 radical (unpaired) electrons. The van der Waals surface area contributed by atoms with Gasteiger partial charge in [-0.1, -0.05) is 29.3 Å². The Balaban J connectivity index is 2.44. The zero-order valence-electron chi connectivity index (χ0n) is 8.90. The van der Waals surface area contributed by atoms with Crippen molar-refractivity contribution >= 4 is 23.2 Å². The minimum Gasteiger partial charge on any atom is -0.259 e. The van der Waals surface area contributed by atoms with Gasteiger partial charge in [0.2, 0.25) is 0 Å². The molecule has 0 bridgehead atoms. The van der Waals surface area contributed by atoms with Crippen LogP contribution in [0.5, 0.6) is 0 Å². The van der Waals surface area contributed by atoms with Crippen LogP contribution >= 0.6 is 23.2 Å². The topological polar surface area (TPSA) is 25.8 Å². The van der Waals surface area contributed by atoms with Gasteiger partial charge in [0.05, 0.1) is 10.7 Å². The summed E-state index contributed by atoms with van der Waals surface area (Å²) in [4.78, 5) is 8.28. The molecule has 2 nitrogen and oxygen atoms in total. The van der Waals surface area contributed by atoms with Gasteiger partial charge in [-0.3, -0.25) is 4.98 Å². The Kier molecular flexibility index (Phi) is 3.77. The van der Waals surface area contributed by atoms with Crippen molar-refractivity contribution in [2.45, 2.75) is 5.92 Å². The Bertz CT molecular complexity index is 523. The fraction of sp³-hybridized carbons (Fsp3) is 0.0769. The number of pyridine rings is 2. The van der Waals surface area contributed by atoms with Crippen molar-refractivity contribution in [3.05, 3.63) is 70.7 Å². The summed E-state index contributed by atoms with van der Waals surface area (Å²) in [5.41, 5.74) is 1.58. The zero-order valence-corrected chi connectivity index (χ0v) is 10.4. The summed E-state index contributed by atoms with van der Waals surface area (Å²) < 4.78 is 0. The van der Waals surface area contributed by atoms with Crippen LogP contribution in [-0.4, -0.2) is 9.97 Å². The number of hydrogen-bond acceptors (Lipinski definition) is 2. The van der Waals surface area contributed by atoms with Gasteiger partial charge < -0.3 is 0 Å². The van der Waals surface area contributed by atoms with E-state index in [1.807, 2.05) is 6.07 Å². The molecule has 0 spiro atoms. The Hall–Kier alpha value is -1.38. The molecule has 0 amide bonds. The number of aromatic nitrogens is 2. The molecule has 85 valence electrons. The van der Waals surface area contributed by atoms with Crippen LogP contribution in [0.4, 0.5) is 0 Å². The standard InChI is InChI=1S/C13H9Cl2N2/c1-2-10(11-4-3-7-16-13(11)15)12-6-5-9(14)8-17-12/h2-3,5-8,10H,1H2. The lowest BCUT2D eigenvalue weighted by Gasteiger charge is -2.12. The number of hydrogen-bond donors (Lipinski definition) is 0. The van der Waals surface area contributed by atoms with Crippen LogP contribution in [-0.2, 0) is 0 Å². The highest BCUT2D eigenvalue weighted by molar-refractivity contribution is 6.30. The maximum absolute atomic E-state index is 6.03. The molecule has 0 saturated heterocycles. The first-order chi connectivity index (χ1) is 8.22. The van der Waals surface area contributed by atoms with Gasteiger partial charge in [-0.25, -0.2) is 4.98 Å². The molecule has 0 fully saturated rings. The number of allylic oxidation sites excluding steroid dienone is 1. The van der Waals surface area contributed by atoms with E-state index in [1.54, 1.807) is 30.6 Å². The molecule has 2 heterocycles. The molecule has 2 rings (SSSR count). The maximum Gasteiger partial charge on any atom is 0.133 e. The Labute approximate surface area is 110 Å². The van der Waals surface area contributed by atoms with Crippen molar-refractivity contribution in [1.82, 2.24) is 9.97 Å². The van der Waals surface area contributed by atoms with Crippen LogP contribution in [0.15, 0.2) is 43.2 Å². The van der Waals surface area contributed by atoms with Crippen LogP contribution in [0.2, 0.25) is 10.2 Å². The number of halogens is 2. The first-order valence-electron chi connectivity index (χ1n) is 4.98. The molecule has 0 aromatic carbocycles. The summed E-state index contributed by atoms with van der Waals surface area (Å²) in [6.07, 6.45) is 4.95. The van der Waals surface area contributed by atoms with Gasteiger partial charge in [0.25, 0.3) is 0 Å². The average molecular weight is 264 g/mol. The minimum absolute atomic E-state index is 0.131. The third-order valence-electron chi connectivity index (χ3n) is 2.34. The van der Waals surface area contributed by atoms with E-state index in [2.05, 4.69) is 22.6 Å². The Morgan fingerprint density at radius 3 is 2.71 bits per heavy atom. The molecule has 1 atom stereocenters. The van der Waals surface area contributed by atoms with Crippen LogP contribution in [0.25, 0.3) is 0 Å². The van der Waals surface area contributed by atoms with Crippen LogP contribution in [0, 0.1) is 6.07 Å². The summed E-state index contributed by atoms with van der Waals surface area (Å²) in [6, 6.07) is 8.40. The maximum atomic E-state index is 6.03.